The van der Waals surface area contributed by atoms with Gasteiger partial charge in [0.25, 0.3) is 5.91 Å². The van der Waals surface area contributed by atoms with Crippen LogP contribution in [-0.4, -0.2) is 55.0 Å². The van der Waals surface area contributed by atoms with Crippen LogP contribution < -0.4 is 10.2 Å². The molecule has 34 heavy (non-hydrogen) atoms. The average Bonchev–Trinajstić information content (AvgIpc) is 3.36. The molecule has 0 unspecified atom stereocenters. The molecule has 10 heteroatoms. The number of rotatable bonds is 6. The lowest BCUT2D eigenvalue weighted by atomic mass is 10.2. The Balaban J connectivity index is 1.24. The van der Waals surface area contributed by atoms with E-state index in [0.717, 1.165) is 30.1 Å². The summed E-state index contributed by atoms with van der Waals surface area (Å²) >= 11 is 0. The lowest BCUT2D eigenvalue weighted by Crippen LogP contribution is -2.36. The molecular weight excluding hydrogens is 454 g/mol. The highest BCUT2D eigenvalue weighted by atomic mass is 32.2. The molecule has 4 heterocycles. The standard InChI is InChI=1S/C24H23N5O4S/c30-24(19-3-7-22-25-9-10-29(22)17-19)27-15-18-1-4-20(5-2-18)34(31,32)21-6-8-23(26-16-21)28-11-13-33-14-12-28/h1-10,16-17H,11-15H2,(H,27,30). The molecule has 1 N–H and O–H groups in total. The first-order chi connectivity index (χ1) is 16.5. The molecule has 3 aromatic heterocycles. The Hall–Kier alpha value is -3.76. The fourth-order valence-corrected chi connectivity index (χ4v) is 4.98. The Bertz CT molecular complexity index is 1410. The number of hydrogen-bond acceptors (Lipinski definition) is 7. The highest BCUT2D eigenvalue weighted by Crippen LogP contribution is 2.23. The van der Waals surface area contributed by atoms with Gasteiger partial charge in [0.2, 0.25) is 9.84 Å². The number of benzene rings is 1. The summed E-state index contributed by atoms with van der Waals surface area (Å²) in [4.78, 5) is 23.4. The molecule has 1 saturated heterocycles. The first kappa shape index (κ1) is 22.1. The average molecular weight is 478 g/mol. The van der Waals surface area contributed by atoms with Gasteiger partial charge in [-0.2, -0.15) is 0 Å². The minimum atomic E-state index is -3.69. The van der Waals surface area contributed by atoms with Gasteiger partial charge in [0.1, 0.15) is 11.5 Å². The smallest absolute Gasteiger partial charge is 0.253 e. The zero-order valence-electron chi connectivity index (χ0n) is 18.3. The maximum Gasteiger partial charge on any atom is 0.253 e. The van der Waals surface area contributed by atoms with Crippen LogP contribution in [0, 0.1) is 0 Å². The summed E-state index contributed by atoms with van der Waals surface area (Å²) in [5, 5.41) is 2.85. The molecule has 9 nitrogen and oxygen atoms in total. The Morgan fingerprint density at radius 3 is 2.47 bits per heavy atom. The van der Waals surface area contributed by atoms with Crippen LogP contribution in [0.25, 0.3) is 5.65 Å². The van der Waals surface area contributed by atoms with E-state index in [9.17, 15) is 13.2 Å². The number of imidazole rings is 1. The van der Waals surface area contributed by atoms with Crippen LogP contribution >= 0.6 is 0 Å². The van der Waals surface area contributed by atoms with Gasteiger partial charge in [-0.25, -0.2) is 18.4 Å². The van der Waals surface area contributed by atoms with Gasteiger partial charge in [-0.3, -0.25) is 4.79 Å². The minimum absolute atomic E-state index is 0.139. The highest BCUT2D eigenvalue weighted by Gasteiger charge is 2.19. The van der Waals surface area contributed by atoms with Gasteiger partial charge in [0.15, 0.2) is 0 Å². The molecule has 0 spiro atoms. The van der Waals surface area contributed by atoms with Crippen LogP contribution in [0.15, 0.2) is 83.1 Å². The van der Waals surface area contributed by atoms with Crippen molar-refractivity contribution in [1.29, 1.82) is 0 Å². The van der Waals surface area contributed by atoms with E-state index in [0.29, 0.717) is 18.8 Å². The second kappa shape index (κ2) is 9.24. The van der Waals surface area contributed by atoms with Crippen molar-refractivity contribution in [1.82, 2.24) is 19.7 Å². The Labute approximate surface area is 196 Å². The highest BCUT2D eigenvalue weighted by molar-refractivity contribution is 7.91. The number of carbonyl (C=O) groups excluding carboxylic acids is 1. The van der Waals surface area contributed by atoms with Crippen molar-refractivity contribution < 1.29 is 17.9 Å². The molecule has 0 bridgehead atoms. The number of pyridine rings is 2. The van der Waals surface area contributed by atoms with E-state index in [1.807, 2.05) is 0 Å². The van der Waals surface area contributed by atoms with E-state index in [-0.39, 0.29) is 22.2 Å². The molecule has 1 aliphatic heterocycles. The van der Waals surface area contributed by atoms with Crippen molar-refractivity contribution in [2.24, 2.45) is 0 Å². The molecule has 0 radical (unpaired) electrons. The second-order valence-electron chi connectivity index (χ2n) is 7.89. The number of hydrogen-bond donors (Lipinski definition) is 1. The van der Waals surface area contributed by atoms with E-state index < -0.39 is 9.84 Å². The summed E-state index contributed by atoms with van der Waals surface area (Å²) in [6.07, 6.45) is 6.55. The summed E-state index contributed by atoms with van der Waals surface area (Å²) in [7, 11) is -3.69. The van der Waals surface area contributed by atoms with E-state index in [1.54, 1.807) is 71.5 Å². The molecular formula is C24H23N5O4S. The quantitative estimate of drug-likeness (QED) is 0.454. The number of amides is 1. The Kier molecular flexibility index (Phi) is 5.99. The third-order valence-corrected chi connectivity index (χ3v) is 7.46. The predicted octanol–water partition coefficient (Wildman–Crippen LogP) is 2.33. The summed E-state index contributed by atoms with van der Waals surface area (Å²) in [5.41, 5.74) is 2.06. The molecule has 5 rings (SSSR count). The number of fused-ring (bicyclic) bond motifs is 1. The first-order valence-corrected chi connectivity index (χ1v) is 12.3. The zero-order chi connectivity index (χ0) is 23.5. The molecule has 174 valence electrons. The largest absolute Gasteiger partial charge is 0.378 e. The molecule has 0 aliphatic carbocycles. The number of nitrogens with zero attached hydrogens (tertiary/aromatic N) is 4. The topological polar surface area (TPSA) is 106 Å². The van der Waals surface area contributed by atoms with Gasteiger partial charge in [-0.1, -0.05) is 12.1 Å². The van der Waals surface area contributed by atoms with Gasteiger partial charge < -0.3 is 19.4 Å². The fraction of sp³-hybridized carbons (Fsp3) is 0.208. The van der Waals surface area contributed by atoms with Gasteiger partial charge in [-0.05, 0) is 42.0 Å². The minimum Gasteiger partial charge on any atom is -0.378 e. The van der Waals surface area contributed by atoms with E-state index in [2.05, 4.69) is 20.2 Å². The van der Waals surface area contributed by atoms with Crippen LogP contribution in [0.3, 0.4) is 0 Å². The lowest BCUT2D eigenvalue weighted by molar-refractivity contribution is 0.0950. The van der Waals surface area contributed by atoms with Crippen molar-refractivity contribution in [3.8, 4) is 0 Å². The summed E-state index contributed by atoms with van der Waals surface area (Å²) in [6.45, 7) is 3.00. The zero-order valence-corrected chi connectivity index (χ0v) is 19.1. The number of aromatic nitrogens is 3. The normalized spacial score (nSPS) is 14.3. The van der Waals surface area contributed by atoms with Crippen LogP contribution in [0.4, 0.5) is 5.82 Å². The fourth-order valence-electron chi connectivity index (χ4n) is 3.77. The maximum atomic E-state index is 13.0. The summed E-state index contributed by atoms with van der Waals surface area (Å²) < 4.78 is 33.2. The molecule has 0 atom stereocenters. The second-order valence-corrected chi connectivity index (χ2v) is 9.84. The van der Waals surface area contributed by atoms with Crippen molar-refractivity contribution in [3.63, 3.8) is 0 Å². The number of nitrogens with one attached hydrogen (secondary N) is 1. The van der Waals surface area contributed by atoms with Crippen LogP contribution in [0.5, 0.6) is 0 Å². The molecule has 0 saturated carbocycles. The number of anilines is 1. The Morgan fingerprint density at radius 2 is 1.74 bits per heavy atom. The van der Waals surface area contributed by atoms with Crippen LogP contribution in [0.1, 0.15) is 15.9 Å². The Morgan fingerprint density at radius 1 is 0.971 bits per heavy atom. The van der Waals surface area contributed by atoms with E-state index >= 15 is 0 Å². The molecule has 1 fully saturated rings. The summed E-state index contributed by atoms with van der Waals surface area (Å²) in [6, 6.07) is 13.3. The van der Waals surface area contributed by atoms with Gasteiger partial charge >= 0.3 is 0 Å². The van der Waals surface area contributed by atoms with Crippen LogP contribution in [0.2, 0.25) is 0 Å². The van der Waals surface area contributed by atoms with Crippen molar-refractivity contribution >= 4 is 27.2 Å². The molecule has 1 amide bonds. The van der Waals surface area contributed by atoms with E-state index in [1.165, 1.54) is 6.20 Å². The number of carbonyl (C=O) groups is 1. The van der Waals surface area contributed by atoms with E-state index in [4.69, 9.17) is 4.74 Å². The van der Waals surface area contributed by atoms with Crippen LogP contribution in [-0.2, 0) is 21.1 Å². The number of ether oxygens (including phenoxy) is 1. The number of morpholine rings is 1. The maximum absolute atomic E-state index is 13.0. The van der Waals surface area contributed by atoms with Crippen molar-refractivity contribution in [2.45, 2.75) is 16.3 Å². The molecule has 1 aromatic carbocycles. The molecule has 1 aliphatic rings. The van der Waals surface area contributed by atoms with Gasteiger partial charge in [-0.15, -0.1) is 0 Å². The summed E-state index contributed by atoms with van der Waals surface area (Å²) in [5.74, 6) is 0.513. The first-order valence-electron chi connectivity index (χ1n) is 10.8. The third-order valence-electron chi connectivity index (χ3n) is 5.70. The van der Waals surface area contributed by atoms with Gasteiger partial charge in [0, 0.05) is 44.4 Å². The lowest BCUT2D eigenvalue weighted by Gasteiger charge is -2.27. The number of sulfone groups is 1. The third kappa shape index (κ3) is 4.50. The monoisotopic (exact) mass is 477 g/mol. The predicted molar refractivity (Wildman–Crippen MR) is 126 cm³/mol. The van der Waals surface area contributed by atoms with Gasteiger partial charge in [0.05, 0.1) is 28.6 Å². The SMILES string of the molecule is O=C(NCc1ccc(S(=O)(=O)c2ccc(N3CCOCC3)nc2)cc1)c1ccc2nccn2c1. The molecule has 4 aromatic rings. The van der Waals surface area contributed by atoms with Crippen molar-refractivity contribution in [2.75, 3.05) is 31.2 Å². The van der Waals surface area contributed by atoms with Crippen molar-refractivity contribution in [3.05, 3.63) is 84.4 Å².